The van der Waals surface area contributed by atoms with Crippen LogP contribution in [0.2, 0.25) is 0 Å². The molecule has 0 aliphatic heterocycles. The van der Waals surface area contributed by atoms with E-state index >= 15 is 0 Å². The SMILES string of the molecule is Cn1c(=O)c2c(ncn2CCCNCC(O)COc2ccc(O)cc2O)n(C)c1=O. The average molecular weight is 419 g/mol. The number of nitrogens with zero attached hydrogens (tertiary/aromatic N) is 4. The number of aromatic hydroxyl groups is 2. The molecule has 4 N–H and O–H groups in total. The zero-order valence-corrected chi connectivity index (χ0v) is 16.8. The summed E-state index contributed by atoms with van der Waals surface area (Å²) < 4.78 is 9.45. The van der Waals surface area contributed by atoms with Crippen molar-refractivity contribution in [3.63, 3.8) is 0 Å². The number of phenolic OH excluding ortho intramolecular Hbond substituents is 2. The highest BCUT2D eigenvalue weighted by molar-refractivity contribution is 5.69. The van der Waals surface area contributed by atoms with Crippen LogP contribution in [0.5, 0.6) is 17.2 Å². The molecule has 11 heteroatoms. The molecule has 0 radical (unpaired) electrons. The number of phenols is 2. The summed E-state index contributed by atoms with van der Waals surface area (Å²) in [4.78, 5) is 28.5. The summed E-state index contributed by atoms with van der Waals surface area (Å²) in [5, 5.41) is 32.0. The number of aliphatic hydroxyl groups is 1. The number of aryl methyl sites for hydroxylation is 2. The van der Waals surface area contributed by atoms with E-state index in [0.29, 0.717) is 30.7 Å². The normalized spacial score (nSPS) is 12.4. The average Bonchev–Trinajstić information content (AvgIpc) is 3.14. The molecule has 3 rings (SSSR count). The number of aliphatic hydroxyl groups excluding tert-OH is 1. The lowest BCUT2D eigenvalue weighted by Crippen LogP contribution is -2.37. The van der Waals surface area contributed by atoms with Crippen LogP contribution in [0.3, 0.4) is 0 Å². The van der Waals surface area contributed by atoms with Crippen molar-refractivity contribution in [2.75, 3.05) is 19.7 Å². The van der Waals surface area contributed by atoms with E-state index < -0.39 is 11.8 Å². The largest absolute Gasteiger partial charge is 0.508 e. The predicted molar refractivity (Wildman–Crippen MR) is 109 cm³/mol. The number of hydrogen-bond acceptors (Lipinski definition) is 8. The number of ether oxygens (including phenoxy) is 1. The number of rotatable bonds is 9. The predicted octanol–water partition coefficient (Wildman–Crippen LogP) is -0.735. The second kappa shape index (κ2) is 9.01. The van der Waals surface area contributed by atoms with E-state index in [1.807, 2.05) is 0 Å². The van der Waals surface area contributed by atoms with E-state index in [9.17, 15) is 24.9 Å². The van der Waals surface area contributed by atoms with Gasteiger partial charge in [0.25, 0.3) is 5.56 Å². The Morgan fingerprint density at radius 3 is 2.70 bits per heavy atom. The number of benzene rings is 1. The van der Waals surface area contributed by atoms with Crippen LogP contribution in [-0.2, 0) is 20.6 Å². The second-order valence-corrected chi connectivity index (χ2v) is 6.99. The van der Waals surface area contributed by atoms with Gasteiger partial charge < -0.3 is 29.9 Å². The minimum absolute atomic E-state index is 0.0262. The van der Waals surface area contributed by atoms with Gasteiger partial charge in [-0.05, 0) is 25.1 Å². The summed E-state index contributed by atoms with van der Waals surface area (Å²) in [6.07, 6.45) is 1.41. The van der Waals surface area contributed by atoms with Crippen LogP contribution in [0, 0.1) is 0 Å². The Morgan fingerprint density at radius 2 is 1.97 bits per heavy atom. The van der Waals surface area contributed by atoms with Crippen molar-refractivity contribution in [1.82, 2.24) is 24.0 Å². The quantitative estimate of drug-likeness (QED) is 0.332. The standard InChI is InChI=1S/C19H25N5O6/c1-22-17-16(18(28)23(2)19(22)29)24(11-21-17)7-3-6-20-9-13(26)10-30-15-5-4-12(25)8-14(15)27/h4-5,8,11,13,20,25-27H,3,6-7,9-10H2,1-2H3. The Hall–Kier alpha value is -3.31. The molecule has 2 heterocycles. The molecule has 1 unspecified atom stereocenters. The summed E-state index contributed by atoms with van der Waals surface area (Å²) >= 11 is 0. The molecule has 162 valence electrons. The molecule has 0 aliphatic rings. The van der Waals surface area contributed by atoms with Gasteiger partial charge in [0.1, 0.15) is 18.5 Å². The molecule has 30 heavy (non-hydrogen) atoms. The lowest BCUT2D eigenvalue weighted by molar-refractivity contribution is 0.105. The van der Waals surface area contributed by atoms with Crippen LogP contribution in [0.25, 0.3) is 11.2 Å². The molecule has 0 saturated heterocycles. The van der Waals surface area contributed by atoms with Crippen molar-refractivity contribution < 1.29 is 20.1 Å². The smallest absolute Gasteiger partial charge is 0.332 e. The minimum Gasteiger partial charge on any atom is -0.508 e. The fraction of sp³-hybridized carbons (Fsp3) is 0.421. The van der Waals surface area contributed by atoms with E-state index in [-0.39, 0.29) is 36.0 Å². The highest BCUT2D eigenvalue weighted by Crippen LogP contribution is 2.29. The van der Waals surface area contributed by atoms with Crippen LogP contribution in [-0.4, -0.2) is 59.8 Å². The third kappa shape index (κ3) is 4.47. The number of imidazole rings is 1. The Kier molecular flexibility index (Phi) is 6.43. The number of hydrogen-bond donors (Lipinski definition) is 4. The Balaban J connectivity index is 1.46. The number of aromatic nitrogens is 4. The molecule has 0 saturated carbocycles. The van der Waals surface area contributed by atoms with Crippen LogP contribution in [0.1, 0.15) is 6.42 Å². The first-order chi connectivity index (χ1) is 14.3. The Morgan fingerprint density at radius 1 is 1.20 bits per heavy atom. The van der Waals surface area contributed by atoms with Crippen LogP contribution < -0.4 is 21.3 Å². The Labute approximate surface area is 171 Å². The maximum atomic E-state index is 12.4. The molecule has 0 amide bonds. The zero-order chi connectivity index (χ0) is 21.8. The van der Waals surface area contributed by atoms with Gasteiger partial charge in [-0.1, -0.05) is 0 Å². The van der Waals surface area contributed by atoms with Crippen LogP contribution in [0.15, 0.2) is 34.1 Å². The molecule has 0 fully saturated rings. The third-order valence-electron chi connectivity index (χ3n) is 4.72. The van der Waals surface area contributed by atoms with E-state index in [1.54, 1.807) is 17.9 Å². The van der Waals surface area contributed by atoms with Gasteiger partial charge in [0.2, 0.25) is 0 Å². The van der Waals surface area contributed by atoms with Crippen molar-refractivity contribution in [2.45, 2.75) is 19.1 Å². The summed E-state index contributed by atoms with van der Waals surface area (Å²) in [5.74, 6) is -0.103. The first-order valence-corrected chi connectivity index (χ1v) is 9.44. The third-order valence-corrected chi connectivity index (χ3v) is 4.72. The number of nitrogens with one attached hydrogen (secondary N) is 1. The lowest BCUT2D eigenvalue weighted by atomic mass is 10.3. The van der Waals surface area contributed by atoms with E-state index in [1.165, 1.54) is 23.7 Å². The molecule has 0 spiro atoms. The van der Waals surface area contributed by atoms with E-state index in [4.69, 9.17) is 4.74 Å². The first kappa shape index (κ1) is 21.4. The molecule has 3 aromatic rings. The van der Waals surface area contributed by atoms with Crippen molar-refractivity contribution in [3.8, 4) is 17.2 Å². The maximum absolute atomic E-state index is 12.4. The molecular weight excluding hydrogens is 394 g/mol. The highest BCUT2D eigenvalue weighted by Gasteiger charge is 2.14. The van der Waals surface area contributed by atoms with Crippen LogP contribution in [0.4, 0.5) is 0 Å². The van der Waals surface area contributed by atoms with Crippen molar-refractivity contribution in [1.29, 1.82) is 0 Å². The van der Waals surface area contributed by atoms with Crippen molar-refractivity contribution in [3.05, 3.63) is 45.4 Å². The topological polar surface area (TPSA) is 144 Å². The first-order valence-electron chi connectivity index (χ1n) is 9.44. The summed E-state index contributed by atoms with van der Waals surface area (Å²) in [7, 11) is 3.01. The van der Waals surface area contributed by atoms with Gasteiger partial charge in [0, 0.05) is 33.3 Å². The minimum atomic E-state index is -0.797. The molecular formula is C19H25N5O6. The zero-order valence-electron chi connectivity index (χ0n) is 16.8. The molecule has 0 bridgehead atoms. The molecule has 11 nitrogen and oxygen atoms in total. The van der Waals surface area contributed by atoms with Gasteiger partial charge in [-0.25, -0.2) is 9.78 Å². The van der Waals surface area contributed by atoms with Gasteiger partial charge in [-0.3, -0.25) is 13.9 Å². The van der Waals surface area contributed by atoms with Gasteiger partial charge in [0.05, 0.1) is 6.33 Å². The van der Waals surface area contributed by atoms with Gasteiger partial charge in [0.15, 0.2) is 22.7 Å². The number of fused-ring (bicyclic) bond motifs is 1. The van der Waals surface area contributed by atoms with E-state index in [0.717, 1.165) is 10.6 Å². The van der Waals surface area contributed by atoms with Crippen molar-refractivity contribution >= 4 is 11.2 Å². The van der Waals surface area contributed by atoms with Gasteiger partial charge in [-0.2, -0.15) is 0 Å². The molecule has 0 aliphatic carbocycles. The molecule has 1 aromatic carbocycles. The highest BCUT2D eigenvalue weighted by atomic mass is 16.5. The Bertz CT molecular complexity index is 1150. The van der Waals surface area contributed by atoms with Crippen molar-refractivity contribution in [2.24, 2.45) is 14.1 Å². The van der Waals surface area contributed by atoms with Gasteiger partial charge >= 0.3 is 5.69 Å². The summed E-state index contributed by atoms with van der Waals surface area (Å²) in [6, 6.07) is 3.95. The second-order valence-electron chi connectivity index (χ2n) is 6.99. The van der Waals surface area contributed by atoms with Gasteiger partial charge in [-0.15, -0.1) is 0 Å². The molecule has 2 aromatic heterocycles. The summed E-state index contributed by atoms with van der Waals surface area (Å²) in [5.41, 5.74) is -0.0808. The van der Waals surface area contributed by atoms with Crippen LogP contribution >= 0.6 is 0 Å². The lowest BCUT2D eigenvalue weighted by Gasteiger charge is -2.14. The monoisotopic (exact) mass is 419 g/mol. The maximum Gasteiger partial charge on any atom is 0.332 e. The van der Waals surface area contributed by atoms with E-state index in [2.05, 4.69) is 10.3 Å². The molecule has 1 atom stereocenters. The fourth-order valence-electron chi connectivity index (χ4n) is 3.08. The summed E-state index contributed by atoms with van der Waals surface area (Å²) in [6.45, 7) is 1.35. The fourth-order valence-corrected chi connectivity index (χ4v) is 3.08.